The minimum Gasteiger partial charge on any atom is -0.444 e. The van der Waals surface area contributed by atoms with Gasteiger partial charge >= 0.3 is 12.2 Å². The Hall–Kier alpha value is -4.71. The highest BCUT2D eigenvalue weighted by atomic mass is 32.1. The third-order valence-electron chi connectivity index (χ3n) is 9.11. The number of thiophene rings is 2. The Kier molecular flexibility index (Phi) is 11.1. The van der Waals surface area contributed by atoms with Gasteiger partial charge in [-0.2, -0.15) is 0 Å². The molecule has 0 saturated carbocycles. The van der Waals surface area contributed by atoms with Crippen LogP contribution in [0.15, 0.2) is 36.9 Å². The van der Waals surface area contributed by atoms with E-state index < -0.39 is 11.2 Å². The normalized spacial score (nSPS) is 16.8. The zero-order chi connectivity index (χ0) is 41.0. The molecule has 0 aromatic carbocycles. The van der Waals surface area contributed by atoms with Crippen LogP contribution in [0.3, 0.4) is 0 Å². The van der Waals surface area contributed by atoms with Crippen LogP contribution in [-0.2, 0) is 27.4 Å². The molecular weight excluding hydrogens is 801 g/mol. The van der Waals surface area contributed by atoms with Crippen LogP contribution in [0.1, 0.15) is 95.0 Å². The number of carbonyl (C=O) groups is 3. The molecule has 0 fully saturated rings. The largest absolute Gasteiger partial charge is 0.444 e. The van der Waals surface area contributed by atoms with Crippen molar-refractivity contribution in [2.75, 3.05) is 24.1 Å². The van der Waals surface area contributed by atoms with Crippen LogP contribution in [0.4, 0.5) is 19.6 Å². The fourth-order valence-electron chi connectivity index (χ4n) is 6.98. The van der Waals surface area contributed by atoms with Gasteiger partial charge in [0.15, 0.2) is 0 Å². The van der Waals surface area contributed by atoms with Crippen molar-refractivity contribution >= 4 is 93.9 Å². The van der Waals surface area contributed by atoms with E-state index in [0.717, 1.165) is 66.9 Å². The van der Waals surface area contributed by atoms with Gasteiger partial charge in [-0.3, -0.25) is 14.8 Å². The highest BCUT2D eigenvalue weighted by Crippen LogP contribution is 2.50. The molecule has 0 aliphatic carbocycles. The molecular formula is C40H46N8O5S4. The molecule has 300 valence electrons. The molecule has 2 unspecified atom stereocenters. The molecule has 6 aromatic rings. The van der Waals surface area contributed by atoms with Crippen molar-refractivity contribution in [1.82, 2.24) is 29.7 Å². The number of nitrogens with zero attached hydrogens (tertiary/aromatic N) is 6. The van der Waals surface area contributed by atoms with Crippen molar-refractivity contribution in [3.05, 3.63) is 57.8 Å². The van der Waals surface area contributed by atoms with E-state index in [9.17, 15) is 14.4 Å². The number of rotatable bonds is 3. The number of hydrogen-bond donors (Lipinski definition) is 2. The molecule has 0 spiro atoms. The summed E-state index contributed by atoms with van der Waals surface area (Å²) in [6.07, 6.45) is 6.46. The summed E-state index contributed by atoms with van der Waals surface area (Å²) in [6, 6.07) is 3.92. The van der Waals surface area contributed by atoms with E-state index in [4.69, 9.17) is 25.2 Å². The van der Waals surface area contributed by atoms with E-state index in [2.05, 4.69) is 29.1 Å². The third kappa shape index (κ3) is 8.76. The van der Waals surface area contributed by atoms with Crippen molar-refractivity contribution in [2.45, 2.75) is 98.4 Å². The Bertz CT molecular complexity index is 2420. The van der Waals surface area contributed by atoms with E-state index in [0.29, 0.717) is 26.2 Å². The Morgan fingerprint density at radius 2 is 1.19 bits per heavy atom. The van der Waals surface area contributed by atoms with Crippen LogP contribution < -0.4 is 11.1 Å². The number of nitrogen functional groups attached to an aromatic ring is 1. The summed E-state index contributed by atoms with van der Waals surface area (Å²) in [7, 11) is 0. The molecule has 2 aliphatic heterocycles. The van der Waals surface area contributed by atoms with Gasteiger partial charge < -0.3 is 30.3 Å². The quantitative estimate of drug-likeness (QED) is 0.175. The number of hydrogen-bond acceptors (Lipinski definition) is 14. The fourth-order valence-corrected chi connectivity index (χ4v) is 11.7. The summed E-state index contributed by atoms with van der Waals surface area (Å²) in [5.41, 5.74) is 11.4. The van der Waals surface area contributed by atoms with Crippen LogP contribution >= 0.6 is 45.3 Å². The number of pyridine rings is 2. The highest BCUT2D eigenvalue weighted by Gasteiger charge is 2.36. The predicted molar refractivity (Wildman–Crippen MR) is 230 cm³/mol. The molecule has 17 heteroatoms. The lowest BCUT2D eigenvalue weighted by Gasteiger charge is -2.33. The number of nitrogens with two attached hydrogens (primary N) is 1. The average Bonchev–Trinajstić information content (AvgIpc) is 3.88. The summed E-state index contributed by atoms with van der Waals surface area (Å²) < 4.78 is 13.3. The average molecular weight is 847 g/mol. The molecule has 13 nitrogen and oxygen atoms in total. The van der Waals surface area contributed by atoms with Crippen molar-refractivity contribution in [2.24, 2.45) is 0 Å². The van der Waals surface area contributed by atoms with Crippen LogP contribution in [0.25, 0.3) is 41.6 Å². The molecule has 0 radical (unpaired) electrons. The first-order valence-corrected chi connectivity index (χ1v) is 21.8. The molecule has 0 bridgehead atoms. The second-order valence-electron chi connectivity index (χ2n) is 16.3. The molecule has 0 saturated heterocycles. The number of ether oxygens (including phenoxy) is 2. The standard InChI is InChI=1S/C21H24N4O3S2.C19H22N4O2S2/c1-11-9-25(20(27)28-21(3,4)5)10-15-16(11)17(18(30-15)23-12(2)26)19-24-13-8-22-7-6-14(13)29-19;1-10-8-23(18(24)25-19(2,3)4)9-13-14(10)15(16(20)26-13)17-22-11-7-21-6-5-12(11)27-17/h6-8,11H,9-10H2,1-5H3,(H,23,26);5-7,10H,8-9,20H2,1-4H3. The van der Waals surface area contributed by atoms with Gasteiger partial charge in [0.05, 0.1) is 39.9 Å². The number of aromatic nitrogens is 4. The van der Waals surface area contributed by atoms with Gasteiger partial charge in [-0.25, -0.2) is 19.6 Å². The van der Waals surface area contributed by atoms with Crippen LogP contribution in [0, 0.1) is 0 Å². The van der Waals surface area contributed by atoms with Crippen LogP contribution in [0.5, 0.6) is 0 Å². The second-order valence-corrected chi connectivity index (χ2v) is 20.6. The third-order valence-corrected chi connectivity index (χ3v) is 13.3. The summed E-state index contributed by atoms with van der Waals surface area (Å²) in [4.78, 5) is 60.5. The van der Waals surface area contributed by atoms with E-state index >= 15 is 0 Å². The van der Waals surface area contributed by atoms with Crippen molar-refractivity contribution in [3.8, 4) is 21.1 Å². The predicted octanol–water partition coefficient (Wildman–Crippen LogP) is 10.1. The van der Waals surface area contributed by atoms with Crippen LogP contribution in [0.2, 0.25) is 0 Å². The Morgan fingerprint density at radius 3 is 1.65 bits per heavy atom. The van der Waals surface area contributed by atoms with Gasteiger partial charge in [0.25, 0.3) is 0 Å². The molecule has 3 amide bonds. The summed E-state index contributed by atoms with van der Waals surface area (Å²) in [6.45, 7) is 19.1. The second kappa shape index (κ2) is 15.6. The smallest absolute Gasteiger partial charge is 0.410 e. The van der Waals surface area contributed by atoms with Gasteiger partial charge in [-0.1, -0.05) is 13.8 Å². The number of carbonyl (C=O) groups excluding carboxylic acids is 3. The van der Waals surface area contributed by atoms with E-state index in [-0.39, 0.29) is 29.9 Å². The first kappa shape index (κ1) is 40.5. The SMILES string of the molecule is CC(=O)Nc1sc2c(c1-c1nc3cnccc3s1)C(C)CN(C(=O)OC(C)(C)C)C2.CC1CN(C(=O)OC(C)(C)C)Cc2sc(N)c(-c3nc4cnccc4s3)c21. The van der Waals surface area contributed by atoms with E-state index in [1.54, 1.807) is 68.6 Å². The number of anilines is 2. The zero-order valence-corrected chi connectivity index (χ0v) is 36.6. The summed E-state index contributed by atoms with van der Waals surface area (Å²) >= 11 is 6.27. The first-order chi connectivity index (χ1) is 26.8. The molecule has 2 aliphatic rings. The highest BCUT2D eigenvalue weighted by molar-refractivity contribution is 7.23. The molecule has 8 rings (SSSR count). The van der Waals surface area contributed by atoms with Crippen molar-refractivity contribution in [1.29, 1.82) is 0 Å². The minimum atomic E-state index is -0.544. The maximum Gasteiger partial charge on any atom is 0.410 e. The Balaban J connectivity index is 0.000000175. The van der Waals surface area contributed by atoms with Gasteiger partial charge in [-0.15, -0.1) is 45.3 Å². The van der Waals surface area contributed by atoms with Gasteiger partial charge in [-0.05, 0) is 64.8 Å². The summed E-state index contributed by atoms with van der Waals surface area (Å²) in [5.74, 6) is 0.115. The maximum atomic E-state index is 12.6. The monoisotopic (exact) mass is 846 g/mol. The number of nitrogens with one attached hydrogen (secondary N) is 1. The zero-order valence-electron chi connectivity index (χ0n) is 33.4. The fraction of sp³-hybridized carbons (Fsp3) is 0.425. The van der Waals surface area contributed by atoms with E-state index in [1.807, 2.05) is 53.7 Å². The Labute approximate surface area is 347 Å². The topological polar surface area (TPSA) is 166 Å². The molecule has 6 aromatic heterocycles. The van der Waals surface area contributed by atoms with Crippen molar-refractivity contribution in [3.63, 3.8) is 0 Å². The summed E-state index contributed by atoms with van der Waals surface area (Å²) in [5, 5.41) is 6.28. The number of fused-ring (bicyclic) bond motifs is 4. The molecule has 8 heterocycles. The first-order valence-electron chi connectivity index (χ1n) is 18.6. The van der Waals surface area contributed by atoms with Gasteiger partial charge in [0.1, 0.15) is 37.3 Å². The van der Waals surface area contributed by atoms with Gasteiger partial charge in [0, 0.05) is 65.1 Å². The minimum absolute atomic E-state index is 0.0835. The lowest BCUT2D eigenvalue weighted by atomic mass is 9.93. The van der Waals surface area contributed by atoms with Gasteiger partial charge in [0.2, 0.25) is 5.91 Å². The maximum absolute atomic E-state index is 12.6. The van der Waals surface area contributed by atoms with Crippen molar-refractivity contribution < 1.29 is 23.9 Å². The molecule has 3 N–H and O–H groups in total. The lowest BCUT2D eigenvalue weighted by Crippen LogP contribution is -2.40. The number of amides is 3. The Morgan fingerprint density at radius 1 is 0.737 bits per heavy atom. The lowest BCUT2D eigenvalue weighted by molar-refractivity contribution is -0.114. The molecule has 2 atom stereocenters. The van der Waals surface area contributed by atoms with E-state index in [1.165, 1.54) is 23.8 Å². The van der Waals surface area contributed by atoms with Crippen LogP contribution in [-0.4, -0.2) is 72.1 Å². The molecule has 57 heavy (non-hydrogen) atoms. The number of thiazole rings is 2.